The molecule has 4 atom stereocenters. The van der Waals surface area contributed by atoms with Crippen LogP contribution in [0.2, 0.25) is 0 Å². The maximum absolute atomic E-state index is 12.0. The predicted octanol–water partition coefficient (Wildman–Crippen LogP) is -1.85. The van der Waals surface area contributed by atoms with E-state index in [1.165, 1.54) is 0 Å². The molecule has 1 saturated heterocycles. The van der Waals surface area contributed by atoms with Crippen LogP contribution in [0.5, 0.6) is 17.2 Å². The molecule has 2 rings (SSSR count). The molecule has 1 aliphatic heterocycles. The van der Waals surface area contributed by atoms with Gasteiger partial charge in [-0.1, -0.05) is 0 Å². The van der Waals surface area contributed by atoms with Crippen LogP contribution in [0.1, 0.15) is 10.4 Å². The zero-order chi connectivity index (χ0) is 18.9. The van der Waals surface area contributed by atoms with Crippen LogP contribution in [0, 0.1) is 0 Å². The Hall–Kier alpha value is -3.05. The normalized spacial score (nSPS) is 23.6. The number of phenolic OH excluding ortho intramolecular Hbond substituents is 3. The standard InChI is InChI=1S/C14H14O11/c1-23-13(21)9(19)10-8(18)11(14(22)24-10)25-12(20)4-2-5(15)7(17)6(16)3-4/h2-3,8-11,15-19H,1H3/t8-,9-,10+,11+/m1/s1. The highest BCUT2D eigenvalue weighted by Gasteiger charge is 2.51. The van der Waals surface area contributed by atoms with Gasteiger partial charge in [-0.15, -0.1) is 0 Å². The maximum Gasteiger partial charge on any atom is 0.350 e. The molecule has 1 aliphatic rings. The quantitative estimate of drug-likeness (QED) is 0.231. The summed E-state index contributed by atoms with van der Waals surface area (Å²) in [5.41, 5.74) is -0.440. The second kappa shape index (κ2) is 6.83. The number of methoxy groups -OCH3 is 1. The van der Waals surface area contributed by atoms with Crippen molar-refractivity contribution in [2.24, 2.45) is 0 Å². The number of ether oxygens (including phenoxy) is 3. The van der Waals surface area contributed by atoms with Crippen molar-refractivity contribution < 1.29 is 54.1 Å². The second-order valence-electron chi connectivity index (χ2n) is 5.05. The van der Waals surface area contributed by atoms with Crippen molar-refractivity contribution in [3.05, 3.63) is 17.7 Å². The third-order valence-corrected chi connectivity index (χ3v) is 3.42. The Labute approximate surface area is 139 Å². The number of carbonyl (C=O) groups excluding carboxylic acids is 3. The lowest BCUT2D eigenvalue weighted by Gasteiger charge is -2.18. The van der Waals surface area contributed by atoms with E-state index in [0.717, 1.165) is 19.2 Å². The Balaban J connectivity index is 2.16. The number of hydrogen-bond acceptors (Lipinski definition) is 11. The van der Waals surface area contributed by atoms with E-state index in [-0.39, 0.29) is 0 Å². The van der Waals surface area contributed by atoms with Gasteiger partial charge in [0.05, 0.1) is 12.7 Å². The number of cyclic esters (lactones) is 1. The van der Waals surface area contributed by atoms with Crippen molar-refractivity contribution in [2.75, 3.05) is 7.11 Å². The molecule has 0 aliphatic carbocycles. The van der Waals surface area contributed by atoms with E-state index in [4.69, 9.17) is 4.74 Å². The summed E-state index contributed by atoms with van der Waals surface area (Å²) < 4.78 is 13.6. The summed E-state index contributed by atoms with van der Waals surface area (Å²) in [6.07, 6.45) is -7.44. The van der Waals surface area contributed by atoms with Crippen molar-refractivity contribution in [3.8, 4) is 17.2 Å². The number of benzene rings is 1. The summed E-state index contributed by atoms with van der Waals surface area (Å²) >= 11 is 0. The molecule has 1 aromatic carbocycles. The fraction of sp³-hybridized carbons (Fsp3) is 0.357. The lowest BCUT2D eigenvalue weighted by molar-refractivity contribution is -0.164. The molecular formula is C14H14O11. The van der Waals surface area contributed by atoms with E-state index >= 15 is 0 Å². The third kappa shape index (κ3) is 3.41. The van der Waals surface area contributed by atoms with Gasteiger partial charge in [-0.3, -0.25) is 0 Å². The van der Waals surface area contributed by atoms with E-state index in [9.17, 15) is 39.9 Å². The first kappa shape index (κ1) is 18.3. The van der Waals surface area contributed by atoms with E-state index in [1.54, 1.807) is 0 Å². The van der Waals surface area contributed by atoms with Gasteiger partial charge in [0.2, 0.25) is 6.10 Å². The molecule has 11 nitrogen and oxygen atoms in total. The van der Waals surface area contributed by atoms with Crippen LogP contribution in [0.4, 0.5) is 0 Å². The minimum Gasteiger partial charge on any atom is -0.504 e. The lowest BCUT2D eigenvalue weighted by atomic mass is 10.1. The van der Waals surface area contributed by atoms with Crippen LogP contribution < -0.4 is 0 Å². The minimum atomic E-state index is -1.99. The van der Waals surface area contributed by atoms with Crippen LogP contribution in [0.3, 0.4) is 0 Å². The summed E-state index contributed by atoms with van der Waals surface area (Å²) in [4.78, 5) is 34.9. The highest BCUT2D eigenvalue weighted by Crippen LogP contribution is 2.35. The molecule has 1 aromatic rings. The first-order valence-electron chi connectivity index (χ1n) is 6.77. The maximum atomic E-state index is 12.0. The molecule has 5 N–H and O–H groups in total. The van der Waals surface area contributed by atoms with Gasteiger partial charge in [0.25, 0.3) is 0 Å². The molecule has 0 saturated carbocycles. The average molecular weight is 358 g/mol. The molecule has 0 aromatic heterocycles. The van der Waals surface area contributed by atoms with Crippen LogP contribution in [-0.4, -0.2) is 75.0 Å². The van der Waals surface area contributed by atoms with Crippen molar-refractivity contribution in [1.29, 1.82) is 0 Å². The van der Waals surface area contributed by atoms with Gasteiger partial charge in [0.1, 0.15) is 6.10 Å². The third-order valence-electron chi connectivity index (χ3n) is 3.42. The number of esters is 3. The fourth-order valence-electron chi connectivity index (χ4n) is 2.11. The van der Waals surface area contributed by atoms with Gasteiger partial charge in [-0.05, 0) is 12.1 Å². The van der Waals surface area contributed by atoms with Crippen LogP contribution in [0.15, 0.2) is 12.1 Å². The van der Waals surface area contributed by atoms with Crippen LogP contribution >= 0.6 is 0 Å². The Morgan fingerprint density at radius 1 is 1.20 bits per heavy atom. The van der Waals surface area contributed by atoms with Gasteiger partial charge in [-0.25, -0.2) is 14.4 Å². The van der Waals surface area contributed by atoms with Gasteiger partial charge in [0.15, 0.2) is 29.5 Å². The number of aliphatic hydroxyl groups excluding tert-OH is 2. The summed E-state index contributed by atoms with van der Waals surface area (Å²) in [5, 5.41) is 47.5. The van der Waals surface area contributed by atoms with Crippen LogP contribution in [-0.2, 0) is 23.8 Å². The molecule has 25 heavy (non-hydrogen) atoms. The highest BCUT2D eigenvalue weighted by molar-refractivity contribution is 5.93. The van der Waals surface area contributed by atoms with E-state index in [2.05, 4.69) is 9.47 Å². The zero-order valence-corrected chi connectivity index (χ0v) is 12.6. The average Bonchev–Trinajstić information content (AvgIpc) is 2.85. The molecule has 0 amide bonds. The smallest absolute Gasteiger partial charge is 0.350 e. The molecule has 0 unspecified atom stereocenters. The van der Waals surface area contributed by atoms with Crippen molar-refractivity contribution >= 4 is 17.9 Å². The summed E-state index contributed by atoms with van der Waals surface area (Å²) in [7, 11) is 0.968. The van der Waals surface area contributed by atoms with Crippen molar-refractivity contribution in [2.45, 2.75) is 24.4 Å². The zero-order valence-electron chi connectivity index (χ0n) is 12.6. The largest absolute Gasteiger partial charge is 0.504 e. The van der Waals surface area contributed by atoms with E-state index < -0.39 is 65.1 Å². The summed E-state index contributed by atoms with van der Waals surface area (Å²) in [6.45, 7) is 0. The highest BCUT2D eigenvalue weighted by atomic mass is 16.6. The van der Waals surface area contributed by atoms with E-state index in [0.29, 0.717) is 0 Å². The number of carbonyl (C=O) groups is 3. The number of aliphatic hydroxyl groups is 2. The molecule has 136 valence electrons. The Kier molecular flexibility index (Phi) is 4.99. The summed E-state index contributed by atoms with van der Waals surface area (Å²) in [6, 6.07) is 1.51. The number of aromatic hydroxyl groups is 3. The van der Waals surface area contributed by atoms with Gasteiger partial charge in [0, 0.05) is 0 Å². The lowest BCUT2D eigenvalue weighted by Crippen LogP contribution is -2.44. The topological polar surface area (TPSA) is 180 Å². The SMILES string of the molecule is COC(=O)[C@H](O)[C@H]1OC(=O)[C@@H](OC(=O)c2cc(O)c(O)c(O)c2)[C@@H]1O. The fourth-order valence-corrected chi connectivity index (χ4v) is 2.11. The summed E-state index contributed by atoms with van der Waals surface area (Å²) in [5.74, 6) is -6.14. The van der Waals surface area contributed by atoms with Gasteiger partial charge in [-0.2, -0.15) is 0 Å². The number of rotatable bonds is 4. The Morgan fingerprint density at radius 2 is 1.76 bits per heavy atom. The molecule has 11 heteroatoms. The molecular weight excluding hydrogens is 344 g/mol. The Bertz CT molecular complexity index is 690. The van der Waals surface area contributed by atoms with E-state index in [1.807, 2.05) is 0 Å². The Morgan fingerprint density at radius 3 is 2.28 bits per heavy atom. The molecule has 1 fully saturated rings. The number of hydrogen-bond donors (Lipinski definition) is 5. The van der Waals surface area contributed by atoms with Crippen molar-refractivity contribution in [3.63, 3.8) is 0 Å². The van der Waals surface area contributed by atoms with Gasteiger partial charge < -0.3 is 39.7 Å². The first-order valence-corrected chi connectivity index (χ1v) is 6.77. The first-order chi connectivity index (χ1) is 11.7. The minimum absolute atomic E-state index is 0.440. The second-order valence-corrected chi connectivity index (χ2v) is 5.05. The monoisotopic (exact) mass is 358 g/mol. The molecule has 0 spiro atoms. The number of phenols is 3. The molecule has 0 bridgehead atoms. The molecule has 0 radical (unpaired) electrons. The van der Waals surface area contributed by atoms with Gasteiger partial charge >= 0.3 is 17.9 Å². The predicted molar refractivity (Wildman–Crippen MR) is 74.5 cm³/mol. The van der Waals surface area contributed by atoms with Crippen molar-refractivity contribution in [1.82, 2.24) is 0 Å². The molecule has 1 heterocycles. The van der Waals surface area contributed by atoms with Crippen LogP contribution in [0.25, 0.3) is 0 Å².